The zero-order valence-corrected chi connectivity index (χ0v) is 55.3. The van der Waals surface area contributed by atoms with Crippen molar-refractivity contribution in [2.45, 2.75) is 5.22 Å². The number of hydrazine groups is 1. The summed E-state index contributed by atoms with van der Waals surface area (Å²) in [7, 11) is 0. The number of nitrogens with two attached hydrogens (primary N) is 1. The van der Waals surface area contributed by atoms with E-state index in [9.17, 15) is 24.0 Å². The number of carbonyl (C=O) groups is 5. The van der Waals surface area contributed by atoms with E-state index in [4.69, 9.17) is 97.1 Å². The first-order valence-electron chi connectivity index (χ1n) is 24.8. The van der Waals surface area contributed by atoms with Crippen LogP contribution in [0.5, 0.6) is 0 Å². The van der Waals surface area contributed by atoms with Crippen LogP contribution in [-0.2, 0) is 14.4 Å². The van der Waals surface area contributed by atoms with E-state index in [0.29, 0.717) is 60.1 Å². The van der Waals surface area contributed by atoms with Crippen molar-refractivity contribution < 1.29 is 32.8 Å². The maximum atomic E-state index is 12.0. The third kappa shape index (κ3) is 22.9. The minimum atomic E-state index is -0.350. The van der Waals surface area contributed by atoms with E-state index in [1.807, 2.05) is 109 Å². The second kappa shape index (κ2) is 36.3. The highest BCUT2D eigenvalue weighted by atomic mass is 35.5. The SMILES string of the molecule is NNC(=O)c1ccc(Cl)s1.O=C(CCl)Nc1ccccc1.O=C(CSc1nnc(-c2ccc(Cl)s2)o1)Nc1ccccc1.O=C(NN=C1SCC(=O)N1c1ccccc1)c1ccc(Cl)s1.S=C(n1ccnc1)n1ccnc1.S=c1[nH]nc(-c2ccc(Cl)s2)o1. The second-order valence-electron chi connectivity index (χ2n) is 16.3. The summed E-state index contributed by atoms with van der Waals surface area (Å²) in [4.78, 5) is 69.5. The Morgan fingerprint density at radius 3 is 1.65 bits per heavy atom. The fraction of sp³-hybridized carbons (Fsp3) is 0.0556. The summed E-state index contributed by atoms with van der Waals surface area (Å²) in [5, 5.41) is 25.2. The molecule has 35 heteroatoms. The zero-order valence-electron chi connectivity index (χ0n) is 45.0. The lowest BCUT2D eigenvalue weighted by atomic mass is 10.3. The zero-order chi connectivity index (χ0) is 63.5. The Hall–Kier alpha value is -7.40. The molecule has 3 aromatic carbocycles. The number of amides is 5. The monoisotopic (exact) mass is 1440 g/mol. The number of hydrogen-bond donors (Lipinski definition) is 6. The molecule has 11 aromatic rings. The number of thiophene rings is 4. The van der Waals surface area contributed by atoms with Gasteiger partial charge in [0.05, 0.1) is 54.0 Å². The number of rotatable bonds is 12. The number of nitrogen functional groups attached to an aromatic ring is 1. The van der Waals surface area contributed by atoms with Crippen molar-refractivity contribution in [1.82, 2.24) is 50.3 Å². The Labute approximate surface area is 565 Å². The molecule has 0 atom stereocenters. The van der Waals surface area contributed by atoms with Crippen LogP contribution < -0.4 is 32.2 Å². The first-order valence-corrected chi connectivity index (χ1v) is 32.9. The van der Waals surface area contributed by atoms with Gasteiger partial charge in [-0.05, 0) is 109 Å². The topological polar surface area (TPSA) is 291 Å². The standard InChI is InChI=1S/2C14H10ClN3O2S2.C8H8ClNO.C7H6N4S.C6H3ClN2OS2.C5H5ClN2OS/c15-11-7-6-10(22-11)13(20)16-17-14-18(12(19)8-21-14)9-4-2-1-3-5-9;15-11-7-6-10(22-11)13-17-18-14(20-13)21-8-12(19)16-9-4-2-1-3-5-9;9-6-8(11)10-7-4-2-1-3-5-7;12-7(10-3-1-8-5-10)11-4-2-9-6-11;7-4-2-1-3(12-4)5-8-9-6(11)10-5;6-4-2-1-3(10-4)5(9)8-7/h1-7H,8H2,(H,16,20);1-7H,8H2,(H,16,19);1-5H,6H2,(H,10,11);1-6H;1-2H,(H,9,11);1-2H,7H2,(H,8,9). The molecule has 0 unspecified atom stereocenters. The number of aromatic nitrogens is 8. The van der Waals surface area contributed by atoms with E-state index in [0.717, 1.165) is 26.8 Å². The number of amidine groups is 1. The molecule has 12 rings (SSSR count). The number of thioether (sulfide) groups is 2. The highest BCUT2D eigenvalue weighted by Crippen LogP contribution is 2.33. The number of carbonyl (C=O) groups excluding carboxylic acids is 5. The second-order valence-corrected chi connectivity index (χ2v) is 26.1. The molecule has 1 saturated heterocycles. The van der Waals surface area contributed by atoms with Crippen LogP contribution in [0, 0.1) is 4.84 Å². The summed E-state index contributed by atoms with van der Waals surface area (Å²) in [5.74, 6) is 5.22. The number of nitrogens with zero attached hydrogens (tertiary/aromatic N) is 9. The van der Waals surface area contributed by atoms with Crippen molar-refractivity contribution in [2.75, 3.05) is 32.9 Å². The highest BCUT2D eigenvalue weighted by Gasteiger charge is 2.30. The fourth-order valence-electron chi connectivity index (χ4n) is 6.37. The van der Waals surface area contributed by atoms with Gasteiger partial charge in [-0.1, -0.05) is 125 Å². The lowest BCUT2D eigenvalue weighted by Gasteiger charge is -2.15. The molecule has 9 heterocycles. The van der Waals surface area contributed by atoms with Gasteiger partial charge >= 0.3 is 0 Å². The van der Waals surface area contributed by atoms with Gasteiger partial charge in [-0.15, -0.1) is 77.3 Å². The fourth-order valence-corrected chi connectivity index (χ4v) is 12.0. The van der Waals surface area contributed by atoms with Gasteiger partial charge in [0.15, 0.2) is 10.3 Å². The first-order chi connectivity index (χ1) is 43.0. The van der Waals surface area contributed by atoms with Gasteiger partial charge < -0.3 is 19.5 Å². The van der Waals surface area contributed by atoms with Crippen LogP contribution in [0.15, 0.2) is 196 Å². The lowest BCUT2D eigenvalue weighted by molar-refractivity contribution is -0.115. The Bertz CT molecular complexity index is 4090. The number of thiocarbonyl (C=S) groups is 1. The molecule has 0 saturated carbocycles. The number of para-hydroxylation sites is 3. The molecule has 89 heavy (non-hydrogen) atoms. The van der Waals surface area contributed by atoms with Crippen molar-refractivity contribution >= 4 is 208 Å². The van der Waals surface area contributed by atoms with Gasteiger partial charge in [0.1, 0.15) is 18.5 Å². The third-order valence-corrected chi connectivity index (χ3v) is 17.7. The lowest BCUT2D eigenvalue weighted by Crippen LogP contribution is -2.31. The van der Waals surface area contributed by atoms with Crippen LogP contribution >= 0.6 is 151 Å². The maximum absolute atomic E-state index is 12.0. The third-order valence-electron chi connectivity index (χ3n) is 10.2. The molecular weight excluding hydrogens is 1400 g/mol. The van der Waals surface area contributed by atoms with Crippen LogP contribution in [-0.4, -0.2) is 96.7 Å². The van der Waals surface area contributed by atoms with E-state index < -0.39 is 0 Å². The molecule has 1 fully saturated rings. The van der Waals surface area contributed by atoms with Crippen LogP contribution in [0.4, 0.5) is 17.1 Å². The van der Waals surface area contributed by atoms with Crippen LogP contribution in [0.2, 0.25) is 17.3 Å². The van der Waals surface area contributed by atoms with Gasteiger partial charge in [-0.25, -0.2) is 26.3 Å². The predicted molar refractivity (Wildman–Crippen MR) is 364 cm³/mol. The summed E-state index contributed by atoms with van der Waals surface area (Å²) in [6, 6.07) is 41.4. The Kier molecular flexibility index (Phi) is 28.2. The van der Waals surface area contributed by atoms with Gasteiger partial charge in [0.25, 0.3) is 33.7 Å². The Morgan fingerprint density at radius 2 is 1.18 bits per heavy atom. The maximum Gasteiger partial charge on any atom is 0.284 e. The van der Waals surface area contributed by atoms with Crippen LogP contribution in [0.3, 0.4) is 0 Å². The van der Waals surface area contributed by atoms with E-state index in [1.165, 1.54) is 73.8 Å². The highest BCUT2D eigenvalue weighted by molar-refractivity contribution is 8.15. The molecule has 0 bridgehead atoms. The number of aromatic amines is 1. The normalized spacial score (nSPS) is 11.6. The minimum Gasteiger partial charge on any atom is -0.410 e. The smallest absolute Gasteiger partial charge is 0.284 e. The molecule has 0 aliphatic carbocycles. The summed E-state index contributed by atoms with van der Waals surface area (Å²) in [6.07, 6.45) is 10.3. The predicted octanol–water partition coefficient (Wildman–Crippen LogP) is 14.1. The molecule has 5 amide bonds. The molecule has 0 radical (unpaired) electrons. The number of anilines is 3. The molecule has 0 spiro atoms. The minimum absolute atomic E-state index is 0.00507. The number of hydrogen-bond acceptors (Lipinski definition) is 22. The average Bonchev–Trinajstić information content (AvgIpc) is 4.31. The molecule has 8 aromatic heterocycles. The summed E-state index contributed by atoms with van der Waals surface area (Å²) < 4.78 is 16.6. The number of imidazole rings is 2. The van der Waals surface area contributed by atoms with E-state index in [-0.39, 0.29) is 46.0 Å². The summed E-state index contributed by atoms with van der Waals surface area (Å²) in [6.45, 7) is 0. The largest absolute Gasteiger partial charge is 0.410 e. The van der Waals surface area contributed by atoms with Gasteiger partial charge in [0.2, 0.25) is 17.7 Å². The quantitative estimate of drug-likeness (QED) is 0.0165. The van der Waals surface area contributed by atoms with Crippen molar-refractivity contribution in [3.05, 3.63) is 209 Å². The van der Waals surface area contributed by atoms with E-state index >= 15 is 0 Å². The van der Waals surface area contributed by atoms with Crippen molar-refractivity contribution in [1.29, 1.82) is 0 Å². The molecule has 1 aliphatic heterocycles. The number of nitrogens with one attached hydrogen (secondary N) is 5. The number of H-pyrrole nitrogens is 1. The van der Waals surface area contributed by atoms with Gasteiger partial charge in [-0.2, -0.15) is 0 Å². The van der Waals surface area contributed by atoms with Crippen molar-refractivity contribution in [3.8, 4) is 21.5 Å². The average molecular weight is 1450 g/mol. The van der Waals surface area contributed by atoms with Crippen molar-refractivity contribution in [3.63, 3.8) is 0 Å². The number of benzene rings is 3. The molecule has 7 N–H and O–H groups in total. The van der Waals surface area contributed by atoms with Gasteiger partial charge in [-0.3, -0.25) is 43.4 Å². The number of halogens is 5. The molecule has 458 valence electrons. The molecule has 1 aliphatic rings. The number of alkyl halides is 1. The molecular formula is C54H42Cl5N15O7S8. The Morgan fingerprint density at radius 1 is 0.663 bits per heavy atom. The summed E-state index contributed by atoms with van der Waals surface area (Å²) >= 11 is 45.7. The van der Waals surface area contributed by atoms with Crippen LogP contribution in [0.25, 0.3) is 21.5 Å². The van der Waals surface area contributed by atoms with Gasteiger partial charge in [0, 0.05) is 36.2 Å². The first kappa shape index (κ1) is 69.1. The Balaban J connectivity index is 0.000000157. The van der Waals surface area contributed by atoms with Crippen LogP contribution in [0.1, 0.15) is 19.3 Å². The number of hydrazone groups is 1. The summed E-state index contributed by atoms with van der Waals surface area (Å²) in [5.41, 5.74) is 6.73. The van der Waals surface area contributed by atoms with E-state index in [2.05, 4.69) is 51.5 Å². The van der Waals surface area contributed by atoms with Crippen molar-refractivity contribution in [2.24, 2.45) is 10.9 Å². The molecule has 22 nitrogen and oxygen atoms in total. The van der Waals surface area contributed by atoms with E-state index in [1.54, 1.807) is 83.0 Å².